The van der Waals surface area contributed by atoms with Gasteiger partial charge in [0.2, 0.25) is 0 Å². The normalized spacial score (nSPS) is 12.0. The van der Waals surface area contributed by atoms with Gasteiger partial charge in [-0.15, -0.1) is 11.3 Å². The Kier molecular flexibility index (Phi) is 4.99. The van der Waals surface area contributed by atoms with Gasteiger partial charge in [0.25, 0.3) is 11.3 Å². The fourth-order valence-electron chi connectivity index (χ4n) is 2.53. The van der Waals surface area contributed by atoms with E-state index in [2.05, 4.69) is 0 Å². The molecule has 0 fully saturated rings. The number of rotatable bonds is 5. The van der Waals surface area contributed by atoms with Gasteiger partial charge in [-0.1, -0.05) is 30.3 Å². The Morgan fingerprint density at radius 1 is 1.12 bits per heavy atom. The average molecular weight is 359 g/mol. The number of aryl methyl sites for hydroxylation is 1. The topological polar surface area (TPSA) is 49.8 Å². The van der Waals surface area contributed by atoms with Crippen molar-refractivity contribution in [1.29, 1.82) is 0 Å². The quantitative estimate of drug-likeness (QED) is 0.652. The minimum atomic E-state index is -2.16. The molecule has 0 aliphatic heterocycles. The molecule has 1 N–H and O–H groups in total. The van der Waals surface area contributed by atoms with E-state index in [-0.39, 0.29) is 0 Å². The molecule has 1 aromatic heterocycles. The van der Waals surface area contributed by atoms with Gasteiger partial charge < -0.3 is 4.74 Å². The largest absolute Gasteiger partial charge is 0.496 e. The Labute approximate surface area is 147 Å². The smallest absolute Gasteiger partial charge is 0.266 e. The van der Waals surface area contributed by atoms with Crippen LogP contribution in [0.1, 0.15) is 5.56 Å². The number of hydrogen-bond acceptors (Lipinski definition) is 3. The highest BCUT2D eigenvalue weighted by Crippen LogP contribution is 2.39. The van der Waals surface area contributed by atoms with E-state index in [4.69, 9.17) is 4.74 Å². The Balaban J connectivity index is 2.05. The zero-order chi connectivity index (χ0) is 17.1. The summed E-state index contributed by atoms with van der Waals surface area (Å²) in [6.07, 6.45) is 0. The first-order valence-corrected chi connectivity index (χ1v) is 9.25. The Hall–Kier alpha value is -2.15. The van der Waals surface area contributed by atoms with Crippen molar-refractivity contribution in [3.63, 3.8) is 0 Å². The number of methoxy groups -OCH3 is 1. The third-order valence-electron chi connectivity index (χ3n) is 3.68. The monoisotopic (exact) mass is 359 g/mol. The minimum absolute atomic E-state index is 0.677. The Morgan fingerprint density at radius 3 is 2.54 bits per heavy atom. The molecule has 1 heterocycles. The van der Waals surface area contributed by atoms with Crippen molar-refractivity contribution in [2.75, 3.05) is 11.4 Å². The van der Waals surface area contributed by atoms with Crippen LogP contribution < -0.4 is 9.04 Å². The van der Waals surface area contributed by atoms with E-state index in [1.54, 1.807) is 7.11 Å². The molecule has 3 aromatic rings. The summed E-state index contributed by atoms with van der Waals surface area (Å²) in [5.41, 5.74) is 3.29. The van der Waals surface area contributed by atoms with E-state index in [0.29, 0.717) is 11.4 Å². The SMILES string of the molecule is COc1ccccc1-c1cc(N(c2ccccc2C)S(=O)O)cs1. The minimum Gasteiger partial charge on any atom is -0.496 e. The molecule has 0 saturated carbocycles. The van der Waals surface area contributed by atoms with Crippen LogP contribution in [0.2, 0.25) is 0 Å². The van der Waals surface area contributed by atoms with Crippen molar-refractivity contribution in [2.24, 2.45) is 0 Å². The molecule has 0 aliphatic carbocycles. The number of para-hydroxylation sites is 2. The second kappa shape index (κ2) is 7.17. The van der Waals surface area contributed by atoms with Gasteiger partial charge in [-0.2, -0.15) is 0 Å². The fraction of sp³-hybridized carbons (Fsp3) is 0.111. The molecule has 0 aliphatic rings. The molecule has 0 spiro atoms. The number of anilines is 2. The van der Waals surface area contributed by atoms with Crippen molar-refractivity contribution in [2.45, 2.75) is 6.92 Å². The summed E-state index contributed by atoms with van der Waals surface area (Å²) in [6, 6.07) is 17.2. The van der Waals surface area contributed by atoms with Gasteiger partial charge >= 0.3 is 0 Å². The van der Waals surface area contributed by atoms with E-state index in [1.807, 2.05) is 66.9 Å². The summed E-state index contributed by atoms with van der Waals surface area (Å²) < 4.78 is 28.6. The molecule has 0 saturated heterocycles. The zero-order valence-corrected chi connectivity index (χ0v) is 14.9. The zero-order valence-electron chi connectivity index (χ0n) is 13.3. The second-order valence-electron chi connectivity index (χ2n) is 5.18. The van der Waals surface area contributed by atoms with Gasteiger partial charge in [0.05, 0.1) is 18.5 Å². The number of thiophene rings is 1. The molecule has 1 unspecified atom stereocenters. The maximum absolute atomic E-state index is 11.9. The standard InChI is InChI=1S/C18H17NO3S2/c1-13-7-3-5-9-16(13)19(24(20)21)14-11-18(23-12-14)15-8-4-6-10-17(15)22-2/h3-12H,1-2H3,(H,20,21). The first kappa shape index (κ1) is 16.7. The third-order valence-corrected chi connectivity index (χ3v) is 5.35. The summed E-state index contributed by atoms with van der Waals surface area (Å²) in [4.78, 5) is 0.978. The van der Waals surface area contributed by atoms with Crippen LogP contribution in [0, 0.1) is 6.92 Å². The molecule has 0 radical (unpaired) electrons. The molecule has 3 rings (SSSR count). The fourth-order valence-corrected chi connectivity index (χ4v) is 4.16. The van der Waals surface area contributed by atoms with Crippen molar-refractivity contribution in [1.82, 2.24) is 0 Å². The lowest BCUT2D eigenvalue weighted by atomic mass is 10.1. The van der Waals surface area contributed by atoms with Crippen LogP contribution in [0.25, 0.3) is 10.4 Å². The third kappa shape index (κ3) is 3.21. The van der Waals surface area contributed by atoms with E-state index >= 15 is 0 Å². The number of ether oxygens (including phenoxy) is 1. The highest BCUT2D eigenvalue weighted by atomic mass is 32.2. The molecule has 2 aromatic carbocycles. The van der Waals surface area contributed by atoms with Crippen LogP contribution >= 0.6 is 11.3 Å². The van der Waals surface area contributed by atoms with E-state index < -0.39 is 11.3 Å². The molecule has 24 heavy (non-hydrogen) atoms. The van der Waals surface area contributed by atoms with Crippen LogP contribution in [0.5, 0.6) is 5.75 Å². The molecular weight excluding hydrogens is 342 g/mol. The first-order valence-electron chi connectivity index (χ1n) is 7.30. The molecule has 0 amide bonds. The highest BCUT2D eigenvalue weighted by Gasteiger charge is 2.19. The average Bonchev–Trinajstić information content (AvgIpc) is 3.06. The van der Waals surface area contributed by atoms with Crippen LogP contribution in [0.3, 0.4) is 0 Å². The Morgan fingerprint density at radius 2 is 1.83 bits per heavy atom. The van der Waals surface area contributed by atoms with E-state index in [1.165, 1.54) is 15.6 Å². The van der Waals surface area contributed by atoms with Crippen LogP contribution in [-0.4, -0.2) is 15.9 Å². The maximum atomic E-state index is 11.9. The Bertz CT molecular complexity index is 876. The lowest BCUT2D eigenvalue weighted by Crippen LogP contribution is -2.19. The predicted octanol–water partition coefficient (Wildman–Crippen LogP) is 5.01. The summed E-state index contributed by atoms with van der Waals surface area (Å²) in [7, 11) is 1.63. The van der Waals surface area contributed by atoms with Gasteiger partial charge in [-0.05, 0) is 36.8 Å². The molecule has 0 bridgehead atoms. The number of nitrogens with zero attached hydrogens (tertiary/aromatic N) is 1. The van der Waals surface area contributed by atoms with E-state index in [0.717, 1.165) is 21.8 Å². The number of benzene rings is 2. The first-order chi connectivity index (χ1) is 11.6. The van der Waals surface area contributed by atoms with Crippen molar-refractivity contribution >= 4 is 34.0 Å². The summed E-state index contributed by atoms with van der Waals surface area (Å²) in [5.74, 6) is 0.776. The summed E-state index contributed by atoms with van der Waals surface area (Å²) >= 11 is -0.646. The van der Waals surface area contributed by atoms with Crippen molar-refractivity contribution in [3.05, 3.63) is 65.5 Å². The van der Waals surface area contributed by atoms with Gasteiger partial charge in [0.15, 0.2) is 0 Å². The highest BCUT2D eigenvalue weighted by molar-refractivity contribution is 7.81. The lowest BCUT2D eigenvalue weighted by Gasteiger charge is -2.20. The van der Waals surface area contributed by atoms with Crippen LogP contribution in [-0.2, 0) is 11.3 Å². The second-order valence-corrected chi connectivity index (χ2v) is 6.92. The van der Waals surface area contributed by atoms with Gasteiger partial charge in [0, 0.05) is 15.8 Å². The number of hydrogen-bond donors (Lipinski definition) is 1. The van der Waals surface area contributed by atoms with Gasteiger partial charge in [-0.25, -0.2) is 8.51 Å². The molecular formula is C18H17NO3S2. The molecule has 124 valence electrons. The molecule has 4 nitrogen and oxygen atoms in total. The van der Waals surface area contributed by atoms with Crippen molar-refractivity contribution < 1.29 is 13.5 Å². The predicted molar refractivity (Wildman–Crippen MR) is 100 cm³/mol. The van der Waals surface area contributed by atoms with Gasteiger partial charge in [-0.3, -0.25) is 4.55 Å². The maximum Gasteiger partial charge on any atom is 0.266 e. The summed E-state index contributed by atoms with van der Waals surface area (Å²) in [5, 5.41) is 1.88. The lowest BCUT2D eigenvalue weighted by molar-refractivity contribution is 0.416. The summed E-state index contributed by atoms with van der Waals surface area (Å²) in [6.45, 7) is 1.92. The molecule has 6 heteroatoms. The van der Waals surface area contributed by atoms with Gasteiger partial charge in [0.1, 0.15) is 5.75 Å². The van der Waals surface area contributed by atoms with Crippen molar-refractivity contribution in [3.8, 4) is 16.2 Å². The van der Waals surface area contributed by atoms with E-state index in [9.17, 15) is 8.76 Å². The van der Waals surface area contributed by atoms with Crippen LogP contribution in [0.15, 0.2) is 60.0 Å². The molecule has 1 atom stereocenters. The van der Waals surface area contributed by atoms with Crippen LogP contribution in [0.4, 0.5) is 11.4 Å².